The first-order valence-corrected chi connectivity index (χ1v) is 27.8. The minimum absolute atomic E-state index is 0.101. The summed E-state index contributed by atoms with van der Waals surface area (Å²) in [5.74, 6) is 2.85. The molecule has 0 bridgehead atoms. The van der Waals surface area contributed by atoms with Gasteiger partial charge in [0.1, 0.15) is 11.5 Å². The Kier molecular flexibility index (Phi) is 16.9. The fourth-order valence-electron chi connectivity index (χ4n) is 3.85. The van der Waals surface area contributed by atoms with Crippen molar-refractivity contribution >= 4 is 52.3 Å². The first-order chi connectivity index (χ1) is 21.5. The molecule has 2 aromatic carbocycles. The molecule has 0 N–H and O–H groups in total. The highest BCUT2D eigenvalue weighted by Gasteiger charge is 2.18. The van der Waals surface area contributed by atoms with Crippen LogP contribution in [0.15, 0.2) is 28.7 Å². The van der Waals surface area contributed by atoms with Crippen LogP contribution in [0.4, 0.5) is 0 Å². The van der Waals surface area contributed by atoms with Gasteiger partial charge in [-0.15, -0.1) is 0 Å². The Morgan fingerprint density at radius 2 is 1.04 bits per heavy atom. The highest BCUT2D eigenvalue weighted by atomic mass is 79.9. The fraction of sp³-hybridized carbons (Fsp3) is 0.588. The number of benzene rings is 2. The Morgan fingerprint density at radius 1 is 0.565 bits per heavy atom. The summed E-state index contributed by atoms with van der Waals surface area (Å²) in [6, 6.07) is 10.8. The van der Waals surface area contributed by atoms with Crippen molar-refractivity contribution in [3.05, 3.63) is 39.9 Å². The van der Waals surface area contributed by atoms with E-state index < -0.39 is 24.2 Å². The van der Waals surface area contributed by atoms with Gasteiger partial charge in [0, 0.05) is 50.1 Å². The summed E-state index contributed by atoms with van der Waals surface area (Å²) >= 11 is 3.68. The van der Waals surface area contributed by atoms with Gasteiger partial charge in [-0.2, -0.15) is 0 Å². The van der Waals surface area contributed by atoms with Crippen LogP contribution in [0.2, 0.25) is 77.1 Å². The normalized spacial score (nSPS) is 12.4. The maximum atomic E-state index is 6.11. The van der Waals surface area contributed by atoms with Gasteiger partial charge >= 0.3 is 0 Å². The van der Waals surface area contributed by atoms with Gasteiger partial charge in [-0.25, -0.2) is 0 Å². The monoisotopic (exact) mass is 756 g/mol. The molecular weight excluding hydrogens is 701 g/mol. The molecule has 46 heavy (non-hydrogen) atoms. The summed E-state index contributed by atoms with van der Waals surface area (Å²) in [6.07, 6.45) is 3.96. The minimum atomic E-state index is -1.21. The zero-order valence-corrected chi connectivity index (χ0v) is 34.6. The highest BCUT2D eigenvalue weighted by Crippen LogP contribution is 2.40. The SMILES string of the molecule is COc1cc(OCOCC[Si](C)(C)C)cc(/C=C/c2cc(OC)c(OCOCC[Si](C)(C)C)c(OCOCC[Si](C)(C)C)c2)c1Br. The average Bonchev–Trinajstić information content (AvgIpc) is 2.95. The molecule has 12 heteroatoms. The summed E-state index contributed by atoms with van der Waals surface area (Å²) in [6.45, 7) is 23.3. The van der Waals surface area contributed by atoms with Crippen molar-refractivity contribution in [2.45, 2.75) is 77.1 Å². The Bertz CT molecular complexity index is 1240. The van der Waals surface area contributed by atoms with Gasteiger partial charge in [0.25, 0.3) is 0 Å². The van der Waals surface area contributed by atoms with Gasteiger partial charge in [-0.1, -0.05) is 71.1 Å². The van der Waals surface area contributed by atoms with Crippen molar-refractivity contribution in [1.82, 2.24) is 0 Å². The second kappa shape index (κ2) is 19.3. The largest absolute Gasteiger partial charge is 0.495 e. The summed E-state index contributed by atoms with van der Waals surface area (Å²) in [7, 11) is -0.331. The van der Waals surface area contributed by atoms with Crippen molar-refractivity contribution in [3.8, 4) is 28.7 Å². The van der Waals surface area contributed by atoms with Gasteiger partial charge in [-0.3, -0.25) is 0 Å². The highest BCUT2D eigenvalue weighted by molar-refractivity contribution is 9.10. The van der Waals surface area contributed by atoms with E-state index in [1.807, 2.05) is 36.4 Å². The van der Waals surface area contributed by atoms with E-state index in [2.05, 4.69) is 74.9 Å². The van der Waals surface area contributed by atoms with Gasteiger partial charge in [-0.05, 0) is 63.4 Å². The van der Waals surface area contributed by atoms with E-state index in [1.54, 1.807) is 14.2 Å². The van der Waals surface area contributed by atoms with Crippen LogP contribution in [0.5, 0.6) is 28.7 Å². The van der Waals surface area contributed by atoms with Crippen LogP contribution in [0, 0.1) is 0 Å². The molecule has 0 heterocycles. The van der Waals surface area contributed by atoms with E-state index in [0.717, 1.165) is 33.7 Å². The van der Waals surface area contributed by atoms with E-state index >= 15 is 0 Å². The van der Waals surface area contributed by atoms with Crippen molar-refractivity contribution < 1.29 is 37.9 Å². The third kappa shape index (κ3) is 16.3. The molecule has 0 radical (unpaired) electrons. The predicted molar refractivity (Wildman–Crippen MR) is 201 cm³/mol. The first-order valence-electron chi connectivity index (χ1n) is 15.9. The Balaban J connectivity index is 2.26. The van der Waals surface area contributed by atoms with Crippen molar-refractivity contribution in [3.63, 3.8) is 0 Å². The molecule has 0 aromatic heterocycles. The maximum Gasteiger partial charge on any atom is 0.206 e. The molecule has 0 amide bonds. The van der Waals surface area contributed by atoms with Gasteiger partial charge in [0.05, 0.1) is 18.7 Å². The lowest BCUT2D eigenvalue weighted by atomic mass is 10.1. The predicted octanol–water partition coefficient (Wildman–Crippen LogP) is 9.71. The fourth-order valence-corrected chi connectivity index (χ4v) is 6.65. The van der Waals surface area contributed by atoms with Crippen molar-refractivity contribution in [1.29, 1.82) is 0 Å². The summed E-state index contributed by atoms with van der Waals surface area (Å²) in [4.78, 5) is 0. The molecule has 0 aliphatic heterocycles. The second-order valence-corrected chi connectivity index (χ2v) is 32.5. The lowest BCUT2D eigenvalue weighted by molar-refractivity contribution is 0.00458. The van der Waals surface area contributed by atoms with Crippen LogP contribution < -0.4 is 23.7 Å². The number of hydrogen-bond donors (Lipinski definition) is 0. The van der Waals surface area contributed by atoms with Crippen LogP contribution in [-0.4, -0.2) is 78.6 Å². The molecular formula is C34H57BrO8Si3. The van der Waals surface area contributed by atoms with E-state index in [9.17, 15) is 0 Å². The number of rotatable bonds is 22. The molecule has 2 aromatic rings. The zero-order chi connectivity index (χ0) is 34.4. The molecule has 0 aliphatic rings. The molecule has 0 fully saturated rings. The third-order valence-electron chi connectivity index (χ3n) is 6.86. The lowest BCUT2D eigenvalue weighted by Crippen LogP contribution is -2.22. The topological polar surface area (TPSA) is 73.8 Å². The quantitative estimate of drug-likeness (QED) is 0.0509. The van der Waals surface area contributed by atoms with Crippen LogP contribution in [-0.2, 0) is 14.2 Å². The second-order valence-electron chi connectivity index (χ2n) is 14.9. The summed E-state index contributed by atoms with van der Waals surface area (Å²) < 4.78 is 47.6. The molecule has 0 aliphatic carbocycles. The zero-order valence-electron chi connectivity index (χ0n) is 30.0. The molecule has 0 saturated heterocycles. The van der Waals surface area contributed by atoms with Crippen LogP contribution >= 0.6 is 15.9 Å². The van der Waals surface area contributed by atoms with E-state index in [4.69, 9.17) is 37.9 Å². The van der Waals surface area contributed by atoms with E-state index in [-0.39, 0.29) is 20.4 Å². The summed E-state index contributed by atoms with van der Waals surface area (Å²) in [5, 5.41) is 0. The number of hydrogen-bond acceptors (Lipinski definition) is 8. The molecule has 2 rings (SSSR count). The maximum absolute atomic E-state index is 6.11. The third-order valence-corrected chi connectivity index (χ3v) is 12.8. The Hall–Kier alpha value is -1.81. The standard InChI is InChI=1S/C34H57BrO8Si3/c1-36-30-23-29(41-24-38-14-17-44(3,4)5)22-28(33(30)35)13-12-27-20-31(37-2)34(43-26-40-16-19-46(9,10)11)32(21-27)42-25-39-15-18-45(6,7)8/h12-13,20-23H,14-19,24-26H2,1-11H3/b13-12+. The molecule has 0 saturated carbocycles. The average molecular weight is 758 g/mol. The molecule has 0 spiro atoms. The van der Waals surface area contributed by atoms with Crippen molar-refractivity contribution in [2.75, 3.05) is 54.4 Å². The Morgan fingerprint density at radius 3 is 1.54 bits per heavy atom. The molecule has 260 valence electrons. The molecule has 8 nitrogen and oxygen atoms in total. The van der Waals surface area contributed by atoms with Gasteiger partial charge < -0.3 is 37.9 Å². The van der Waals surface area contributed by atoms with Crippen LogP contribution in [0.1, 0.15) is 11.1 Å². The lowest BCUT2D eigenvalue weighted by Gasteiger charge is -2.19. The van der Waals surface area contributed by atoms with Gasteiger partial charge in [0.2, 0.25) is 5.75 Å². The van der Waals surface area contributed by atoms with Gasteiger partial charge in [0.15, 0.2) is 31.9 Å². The number of ether oxygens (including phenoxy) is 8. The number of methoxy groups -OCH3 is 2. The van der Waals surface area contributed by atoms with E-state index in [1.165, 1.54) is 0 Å². The molecule has 0 unspecified atom stereocenters. The first kappa shape index (κ1) is 40.4. The van der Waals surface area contributed by atoms with E-state index in [0.29, 0.717) is 48.6 Å². The van der Waals surface area contributed by atoms with Crippen molar-refractivity contribution in [2.24, 2.45) is 0 Å². The minimum Gasteiger partial charge on any atom is -0.495 e. The van der Waals surface area contributed by atoms with Crippen LogP contribution in [0.3, 0.4) is 0 Å². The van der Waals surface area contributed by atoms with Crippen LogP contribution in [0.25, 0.3) is 12.2 Å². The molecule has 0 atom stereocenters. The smallest absolute Gasteiger partial charge is 0.206 e. The number of halogens is 1. The Labute approximate surface area is 289 Å². The summed E-state index contributed by atoms with van der Waals surface area (Å²) in [5.41, 5.74) is 1.73.